The van der Waals surface area contributed by atoms with Gasteiger partial charge in [-0.25, -0.2) is 4.98 Å². The number of carbonyl (C=O) groups is 1. The molecule has 2 aromatic rings. The number of aromatic nitrogens is 3. The second-order valence-corrected chi connectivity index (χ2v) is 5.60. The summed E-state index contributed by atoms with van der Waals surface area (Å²) in [5, 5.41) is 5.11. The van der Waals surface area contributed by atoms with E-state index in [-0.39, 0.29) is 11.9 Å². The van der Waals surface area contributed by atoms with Crippen molar-refractivity contribution in [1.82, 2.24) is 19.7 Å². The fourth-order valence-electron chi connectivity index (χ4n) is 2.00. The third kappa shape index (κ3) is 3.95. The van der Waals surface area contributed by atoms with Gasteiger partial charge in [0.1, 0.15) is 12.7 Å². The minimum Gasteiger partial charge on any atom is -0.339 e. The fourth-order valence-corrected chi connectivity index (χ4v) is 2.57. The van der Waals surface area contributed by atoms with Gasteiger partial charge in [0.15, 0.2) is 0 Å². The van der Waals surface area contributed by atoms with Gasteiger partial charge in [-0.2, -0.15) is 5.10 Å². The number of benzene rings is 1. The van der Waals surface area contributed by atoms with E-state index < -0.39 is 0 Å². The van der Waals surface area contributed by atoms with Gasteiger partial charge in [-0.05, 0) is 24.6 Å². The van der Waals surface area contributed by atoms with Crippen LogP contribution >= 0.6 is 23.2 Å². The number of hydrogen-bond acceptors (Lipinski definition) is 3. The molecule has 0 aliphatic carbocycles. The number of rotatable bonds is 5. The molecule has 1 atom stereocenters. The molecule has 0 bridgehead atoms. The summed E-state index contributed by atoms with van der Waals surface area (Å²) in [4.78, 5) is 17.7. The molecule has 21 heavy (non-hydrogen) atoms. The summed E-state index contributed by atoms with van der Waals surface area (Å²) in [6.07, 6.45) is 3.40. The molecule has 5 nitrogen and oxygen atoms in total. The van der Waals surface area contributed by atoms with E-state index in [1.54, 1.807) is 35.1 Å². The summed E-state index contributed by atoms with van der Waals surface area (Å²) in [5.74, 6) is 0.0176. The lowest BCUT2D eigenvalue weighted by molar-refractivity contribution is -0.132. The van der Waals surface area contributed by atoms with Crippen molar-refractivity contribution in [2.45, 2.75) is 25.9 Å². The highest BCUT2D eigenvalue weighted by molar-refractivity contribution is 6.35. The van der Waals surface area contributed by atoms with E-state index in [1.165, 1.54) is 6.33 Å². The van der Waals surface area contributed by atoms with E-state index in [2.05, 4.69) is 10.1 Å². The number of carbonyl (C=O) groups excluding carboxylic acids is 1. The van der Waals surface area contributed by atoms with E-state index in [1.807, 2.05) is 13.0 Å². The lowest BCUT2D eigenvalue weighted by atomic mass is 10.1. The van der Waals surface area contributed by atoms with Gasteiger partial charge in [0, 0.05) is 23.5 Å². The van der Waals surface area contributed by atoms with Crippen molar-refractivity contribution in [3.63, 3.8) is 0 Å². The lowest BCUT2D eigenvalue weighted by Gasteiger charge is -2.26. The highest BCUT2D eigenvalue weighted by Crippen LogP contribution is 2.29. The van der Waals surface area contributed by atoms with Crippen molar-refractivity contribution in [2.24, 2.45) is 0 Å². The van der Waals surface area contributed by atoms with Gasteiger partial charge in [0.25, 0.3) is 0 Å². The highest BCUT2D eigenvalue weighted by Gasteiger charge is 2.19. The average Bonchev–Trinajstić information content (AvgIpc) is 2.96. The van der Waals surface area contributed by atoms with E-state index in [0.717, 1.165) is 5.56 Å². The number of aryl methyl sites for hydroxylation is 1. The second kappa shape index (κ2) is 6.91. The second-order valence-electron chi connectivity index (χ2n) is 4.76. The van der Waals surface area contributed by atoms with E-state index in [4.69, 9.17) is 23.2 Å². The molecule has 0 N–H and O–H groups in total. The van der Waals surface area contributed by atoms with Gasteiger partial charge in [-0.3, -0.25) is 9.48 Å². The van der Waals surface area contributed by atoms with Gasteiger partial charge >= 0.3 is 0 Å². The molecule has 0 fully saturated rings. The third-order valence-corrected chi connectivity index (χ3v) is 3.97. The number of nitrogens with zero attached hydrogens (tertiary/aromatic N) is 4. The SMILES string of the molecule is C[C@@H](c1ccc(Cl)cc1Cl)N(C)C(=O)CCn1cncn1. The van der Waals surface area contributed by atoms with Crippen LogP contribution in [0.2, 0.25) is 10.0 Å². The first kappa shape index (κ1) is 15.8. The number of halogens is 2. The number of amides is 1. The first-order chi connectivity index (χ1) is 9.99. The first-order valence-corrected chi connectivity index (χ1v) is 7.27. The van der Waals surface area contributed by atoms with Crippen molar-refractivity contribution in [2.75, 3.05) is 7.05 Å². The fraction of sp³-hybridized carbons (Fsp3) is 0.357. The van der Waals surface area contributed by atoms with Crippen molar-refractivity contribution in [1.29, 1.82) is 0 Å². The zero-order valence-electron chi connectivity index (χ0n) is 11.8. The van der Waals surface area contributed by atoms with Crippen LogP contribution in [0.3, 0.4) is 0 Å². The molecule has 0 saturated carbocycles. The molecule has 7 heteroatoms. The molecule has 0 radical (unpaired) electrons. The quantitative estimate of drug-likeness (QED) is 0.847. The Balaban J connectivity index is 2.00. The van der Waals surface area contributed by atoms with Crippen molar-refractivity contribution >= 4 is 29.1 Å². The lowest BCUT2D eigenvalue weighted by Crippen LogP contribution is -2.30. The van der Waals surface area contributed by atoms with Crippen LogP contribution in [0, 0.1) is 0 Å². The van der Waals surface area contributed by atoms with Crippen LogP contribution in [0.4, 0.5) is 0 Å². The molecule has 0 unspecified atom stereocenters. The zero-order valence-corrected chi connectivity index (χ0v) is 13.3. The minimum atomic E-state index is -0.127. The van der Waals surface area contributed by atoms with Gasteiger partial charge in [0.05, 0.1) is 12.6 Å². The van der Waals surface area contributed by atoms with Crippen LogP contribution in [0.1, 0.15) is 24.9 Å². The maximum absolute atomic E-state index is 12.2. The monoisotopic (exact) mass is 326 g/mol. The van der Waals surface area contributed by atoms with E-state index in [0.29, 0.717) is 23.0 Å². The summed E-state index contributed by atoms with van der Waals surface area (Å²) in [7, 11) is 1.76. The van der Waals surface area contributed by atoms with Crippen LogP contribution in [-0.4, -0.2) is 32.6 Å². The summed E-state index contributed by atoms with van der Waals surface area (Å²) in [6, 6.07) is 5.17. The minimum absolute atomic E-state index is 0.0176. The third-order valence-electron chi connectivity index (χ3n) is 3.41. The molecule has 1 heterocycles. The summed E-state index contributed by atoms with van der Waals surface area (Å²) >= 11 is 12.1. The maximum atomic E-state index is 12.2. The van der Waals surface area contributed by atoms with Crippen molar-refractivity contribution < 1.29 is 4.79 Å². The predicted octanol–water partition coefficient (Wildman–Crippen LogP) is 3.19. The molecule has 0 aliphatic rings. The van der Waals surface area contributed by atoms with Crippen LogP contribution in [0.5, 0.6) is 0 Å². The molecule has 0 saturated heterocycles. The van der Waals surface area contributed by atoms with Gasteiger partial charge in [0.2, 0.25) is 5.91 Å². The van der Waals surface area contributed by atoms with Crippen LogP contribution < -0.4 is 0 Å². The summed E-state index contributed by atoms with van der Waals surface area (Å²) in [5.41, 5.74) is 0.873. The van der Waals surface area contributed by atoms with Crippen LogP contribution in [-0.2, 0) is 11.3 Å². The molecule has 0 spiro atoms. The standard InChI is InChI=1S/C14H16Cl2N4O/c1-10(12-4-3-11(15)7-13(12)16)19(2)14(21)5-6-20-9-17-8-18-20/h3-4,7-10H,5-6H2,1-2H3/t10-/m0/s1. The average molecular weight is 327 g/mol. The zero-order chi connectivity index (χ0) is 15.4. The van der Waals surface area contributed by atoms with Gasteiger partial charge in [-0.1, -0.05) is 29.3 Å². The Morgan fingerprint density at radius 3 is 2.81 bits per heavy atom. The molecule has 1 amide bonds. The summed E-state index contributed by atoms with van der Waals surface area (Å²) < 4.78 is 1.63. The Morgan fingerprint density at radius 1 is 1.43 bits per heavy atom. The van der Waals surface area contributed by atoms with Crippen LogP contribution in [0.15, 0.2) is 30.9 Å². The molecular formula is C14H16Cl2N4O. The molecule has 1 aromatic carbocycles. The number of hydrogen-bond donors (Lipinski definition) is 0. The Labute approximate surface area is 133 Å². The highest BCUT2D eigenvalue weighted by atomic mass is 35.5. The largest absolute Gasteiger partial charge is 0.339 e. The normalized spacial score (nSPS) is 12.2. The Hall–Kier alpha value is -1.59. The van der Waals surface area contributed by atoms with Crippen molar-refractivity contribution in [3.8, 4) is 0 Å². The Bertz CT molecular complexity index is 615. The van der Waals surface area contributed by atoms with Gasteiger partial charge < -0.3 is 4.90 Å². The first-order valence-electron chi connectivity index (χ1n) is 6.52. The van der Waals surface area contributed by atoms with E-state index >= 15 is 0 Å². The topological polar surface area (TPSA) is 51.0 Å². The maximum Gasteiger partial charge on any atom is 0.224 e. The predicted molar refractivity (Wildman–Crippen MR) is 82.3 cm³/mol. The van der Waals surface area contributed by atoms with E-state index in [9.17, 15) is 4.79 Å². The molecular weight excluding hydrogens is 311 g/mol. The van der Waals surface area contributed by atoms with Gasteiger partial charge in [-0.15, -0.1) is 0 Å². The smallest absolute Gasteiger partial charge is 0.224 e. The Morgan fingerprint density at radius 2 is 2.19 bits per heavy atom. The van der Waals surface area contributed by atoms with Crippen LogP contribution in [0.25, 0.3) is 0 Å². The molecule has 0 aliphatic heterocycles. The molecule has 1 aromatic heterocycles. The Kier molecular flexibility index (Phi) is 5.20. The van der Waals surface area contributed by atoms with Crippen molar-refractivity contribution in [3.05, 3.63) is 46.5 Å². The molecule has 112 valence electrons. The summed E-state index contributed by atoms with van der Waals surface area (Å²) in [6.45, 7) is 2.44. The molecule has 2 rings (SSSR count).